The number of hydrogen-bond donors (Lipinski definition) is 1. The van der Waals surface area contributed by atoms with Crippen molar-refractivity contribution >= 4 is 52.0 Å². The lowest BCUT2D eigenvalue weighted by atomic mass is 10.1. The number of carbonyl (C=O) groups is 3. The number of hydrogen-bond acceptors (Lipinski definition) is 7. The first-order valence-corrected chi connectivity index (χ1v) is 9.63. The van der Waals surface area contributed by atoms with Crippen LogP contribution in [0, 0.1) is 0 Å². The second kappa shape index (κ2) is 9.33. The molecule has 0 spiro atoms. The third-order valence-corrected chi connectivity index (χ3v) is 5.45. The molecule has 0 saturated carbocycles. The minimum Gasteiger partial charge on any atom is -0.496 e. The molecule has 2 aromatic rings. The molecule has 1 amide bonds. The van der Waals surface area contributed by atoms with Gasteiger partial charge in [-0.15, -0.1) is 23.1 Å². The number of rotatable bonds is 8. The second-order valence-corrected chi connectivity index (χ2v) is 7.23. The number of ether oxygens (including phenoxy) is 1. The molecular weight excluding hydrogens is 388 g/mol. The zero-order valence-electron chi connectivity index (χ0n) is 15.0. The van der Waals surface area contributed by atoms with E-state index in [9.17, 15) is 14.4 Å². The van der Waals surface area contributed by atoms with Gasteiger partial charge in [0.15, 0.2) is 10.9 Å². The normalized spacial score (nSPS) is 10.8. The molecule has 0 saturated heterocycles. The van der Waals surface area contributed by atoms with Gasteiger partial charge in [0.2, 0.25) is 5.91 Å². The zero-order valence-corrected chi connectivity index (χ0v) is 16.6. The maximum absolute atomic E-state index is 12.4. The fourth-order valence-electron chi connectivity index (χ4n) is 1.98. The summed E-state index contributed by atoms with van der Waals surface area (Å²) in [5.74, 6) is -0.936. The Morgan fingerprint density at radius 1 is 1.37 bits per heavy atom. The molecule has 1 N–H and O–H groups in total. The quantitative estimate of drug-likeness (QED) is 0.408. The average Bonchev–Trinajstić information content (AvgIpc) is 3.12. The van der Waals surface area contributed by atoms with Gasteiger partial charge in [0.25, 0.3) is 0 Å². The van der Waals surface area contributed by atoms with Crippen LogP contribution in [-0.2, 0) is 9.59 Å². The van der Waals surface area contributed by atoms with E-state index >= 15 is 0 Å². The van der Waals surface area contributed by atoms with E-state index in [4.69, 9.17) is 9.84 Å². The van der Waals surface area contributed by atoms with Crippen LogP contribution in [-0.4, -0.2) is 47.7 Å². The van der Waals surface area contributed by atoms with Crippen LogP contribution in [0.4, 0.5) is 5.13 Å². The molecule has 2 rings (SSSR count). The van der Waals surface area contributed by atoms with Gasteiger partial charge in [-0.2, -0.15) is 0 Å². The Bertz CT molecular complexity index is 892. The van der Waals surface area contributed by atoms with Crippen LogP contribution in [0.5, 0.6) is 5.75 Å². The molecule has 27 heavy (non-hydrogen) atoms. The summed E-state index contributed by atoms with van der Waals surface area (Å²) in [4.78, 5) is 40.8. The van der Waals surface area contributed by atoms with Gasteiger partial charge >= 0.3 is 5.97 Å². The molecule has 9 heteroatoms. The molecule has 0 bridgehead atoms. The van der Waals surface area contributed by atoms with E-state index in [1.807, 2.05) is 0 Å². The third-order valence-electron chi connectivity index (χ3n) is 3.47. The fourth-order valence-corrected chi connectivity index (χ4v) is 3.51. The van der Waals surface area contributed by atoms with Crippen molar-refractivity contribution in [3.05, 3.63) is 40.9 Å². The van der Waals surface area contributed by atoms with Crippen LogP contribution >= 0.6 is 23.1 Å². The predicted octanol–water partition coefficient (Wildman–Crippen LogP) is 3.21. The van der Waals surface area contributed by atoms with Crippen molar-refractivity contribution in [2.45, 2.75) is 11.8 Å². The summed E-state index contributed by atoms with van der Waals surface area (Å²) in [5, 5.41) is 11.1. The highest BCUT2D eigenvalue weighted by Gasteiger charge is 2.12. The highest BCUT2D eigenvalue weighted by atomic mass is 32.2. The van der Waals surface area contributed by atoms with E-state index in [0.717, 1.165) is 11.8 Å². The molecule has 0 aliphatic heterocycles. The van der Waals surface area contributed by atoms with Crippen LogP contribution in [0.3, 0.4) is 0 Å². The molecule has 0 aliphatic carbocycles. The van der Waals surface area contributed by atoms with E-state index in [1.165, 1.54) is 36.3 Å². The molecule has 0 unspecified atom stereocenters. The minimum atomic E-state index is -0.928. The lowest BCUT2D eigenvalue weighted by molar-refractivity contribution is -0.133. The summed E-state index contributed by atoms with van der Waals surface area (Å²) in [6.07, 6.45) is 2.97. The highest BCUT2D eigenvalue weighted by Crippen LogP contribution is 2.30. The van der Waals surface area contributed by atoms with Gasteiger partial charge in [0.05, 0.1) is 18.6 Å². The lowest BCUT2D eigenvalue weighted by Crippen LogP contribution is -2.22. The number of allylic oxidation sites excluding steroid dienone is 1. The number of nitrogens with zero attached hydrogens (tertiary/aromatic N) is 2. The van der Waals surface area contributed by atoms with Crippen molar-refractivity contribution in [1.29, 1.82) is 0 Å². The van der Waals surface area contributed by atoms with Crippen LogP contribution in [0.2, 0.25) is 0 Å². The zero-order chi connectivity index (χ0) is 20.0. The van der Waals surface area contributed by atoms with Gasteiger partial charge in [0.1, 0.15) is 5.75 Å². The van der Waals surface area contributed by atoms with Crippen LogP contribution in [0.1, 0.15) is 23.0 Å². The van der Waals surface area contributed by atoms with E-state index in [0.29, 0.717) is 27.0 Å². The number of amides is 1. The molecule has 1 aromatic carbocycles. The smallest absolute Gasteiger partial charge is 0.313 e. The SMILES string of the molecule is COc1cc(C(=O)C=Cc2csc(N(C)C(C)=O)n2)ccc1SCC(=O)O. The third kappa shape index (κ3) is 5.66. The number of carboxylic acid groups (broad SMARTS) is 1. The van der Waals surface area contributed by atoms with Gasteiger partial charge in [-0.05, 0) is 30.4 Å². The topological polar surface area (TPSA) is 96.8 Å². The first-order chi connectivity index (χ1) is 12.8. The summed E-state index contributed by atoms with van der Waals surface area (Å²) in [6.45, 7) is 1.45. The fraction of sp³-hybridized carbons (Fsp3) is 0.222. The number of benzene rings is 1. The van der Waals surface area contributed by atoms with Crippen molar-refractivity contribution in [2.75, 3.05) is 24.8 Å². The van der Waals surface area contributed by atoms with Gasteiger partial charge in [-0.25, -0.2) is 4.98 Å². The number of aliphatic carboxylic acids is 1. The maximum Gasteiger partial charge on any atom is 0.313 e. The van der Waals surface area contributed by atoms with Gasteiger partial charge in [0, 0.05) is 29.8 Å². The van der Waals surface area contributed by atoms with Crippen molar-refractivity contribution in [2.24, 2.45) is 0 Å². The number of carboxylic acids is 1. The lowest BCUT2D eigenvalue weighted by Gasteiger charge is -2.09. The van der Waals surface area contributed by atoms with Gasteiger partial charge in [-0.3, -0.25) is 19.3 Å². The summed E-state index contributed by atoms with van der Waals surface area (Å²) < 4.78 is 5.25. The van der Waals surface area contributed by atoms with E-state index in [-0.39, 0.29) is 17.4 Å². The molecule has 142 valence electrons. The number of anilines is 1. The molecule has 1 heterocycles. The predicted molar refractivity (Wildman–Crippen MR) is 106 cm³/mol. The van der Waals surface area contributed by atoms with Crippen molar-refractivity contribution in [3.63, 3.8) is 0 Å². The number of aromatic nitrogens is 1. The molecule has 7 nitrogen and oxygen atoms in total. The van der Waals surface area contributed by atoms with Gasteiger partial charge in [-0.1, -0.05) is 0 Å². The van der Waals surface area contributed by atoms with Crippen molar-refractivity contribution < 1.29 is 24.2 Å². The second-order valence-electron chi connectivity index (χ2n) is 5.38. The monoisotopic (exact) mass is 406 g/mol. The minimum absolute atomic E-state index is 0.0928. The summed E-state index contributed by atoms with van der Waals surface area (Å²) in [5.41, 5.74) is 0.996. The number of carbonyl (C=O) groups excluding carboxylic acids is 2. The maximum atomic E-state index is 12.4. The largest absolute Gasteiger partial charge is 0.496 e. The number of thiazole rings is 1. The van der Waals surface area contributed by atoms with E-state index in [1.54, 1.807) is 36.7 Å². The first kappa shape index (κ1) is 20.7. The molecule has 0 radical (unpaired) electrons. The van der Waals surface area contributed by atoms with Gasteiger partial charge < -0.3 is 9.84 Å². The Labute approximate surface area is 164 Å². The number of thioether (sulfide) groups is 1. The number of ketones is 1. The van der Waals surface area contributed by atoms with Crippen LogP contribution in [0.25, 0.3) is 6.08 Å². The molecule has 1 aromatic heterocycles. The Kier molecular flexibility index (Phi) is 7.14. The molecule has 0 atom stereocenters. The Hall–Kier alpha value is -2.65. The Balaban J connectivity index is 2.12. The standard InChI is InChI=1S/C18H18N2O5S2/c1-11(21)20(2)18-19-13(9-27-18)5-6-14(22)12-4-7-16(15(8-12)25-3)26-10-17(23)24/h4-9H,10H2,1-3H3,(H,23,24). The van der Waals surface area contributed by atoms with Crippen molar-refractivity contribution in [1.82, 2.24) is 4.98 Å². The van der Waals surface area contributed by atoms with Crippen LogP contribution in [0.15, 0.2) is 34.6 Å². The number of methoxy groups -OCH3 is 1. The molecular formula is C18H18N2O5S2. The van der Waals surface area contributed by atoms with E-state index in [2.05, 4.69) is 4.98 Å². The Morgan fingerprint density at radius 3 is 2.74 bits per heavy atom. The summed E-state index contributed by atoms with van der Waals surface area (Å²) in [7, 11) is 3.10. The first-order valence-electron chi connectivity index (χ1n) is 7.76. The van der Waals surface area contributed by atoms with E-state index < -0.39 is 5.97 Å². The molecule has 0 aliphatic rings. The Morgan fingerprint density at radius 2 is 2.11 bits per heavy atom. The summed E-state index contributed by atoms with van der Waals surface area (Å²) in [6, 6.07) is 4.86. The molecule has 0 fully saturated rings. The highest BCUT2D eigenvalue weighted by molar-refractivity contribution is 8.00. The van der Waals surface area contributed by atoms with Crippen LogP contribution < -0.4 is 9.64 Å². The van der Waals surface area contributed by atoms with Crippen molar-refractivity contribution in [3.8, 4) is 5.75 Å². The average molecular weight is 406 g/mol. The summed E-state index contributed by atoms with van der Waals surface area (Å²) >= 11 is 2.43.